The Morgan fingerprint density at radius 3 is 2.94 bits per heavy atom. The van der Waals surface area contributed by atoms with Crippen molar-refractivity contribution in [3.05, 3.63) is 36.4 Å². The van der Waals surface area contributed by atoms with Crippen LogP contribution in [-0.2, 0) is 4.79 Å². The lowest BCUT2D eigenvalue weighted by Crippen LogP contribution is -2.40. The lowest BCUT2D eigenvalue weighted by Gasteiger charge is -2.23. The normalized spacial score (nSPS) is 19.3. The van der Waals surface area contributed by atoms with E-state index in [0.717, 1.165) is 36.1 Å². The molecule has 1 aromatic carbocycles. The number of fused-ring (bicyclic) bond motifs is 1. The highest BCUT2D eigenvalue weighted by Gasteiger charge is 2.29. The van der Waals surface area contributed by atoms with Crippen molar-refractivity contribution in [3.8, 4) is 0 Å². The molecule has 4 nitrogen and oxygen atoms in total. The summed E-state index contributed by atoms with van der Waals surface area (Å²) in [4.78, 5) is 18.0. The summed E-state index contributed by atoms with van der Waals surface area (Å²) in [5.41, 5.74) is 6.38. The van der Waals surface area contributed by atoms with E-state index in [1.165, 1.54) is 0 Å². The van der Waals surface area contributed by atoms with E-state index in [1.54, 1.807) is 0 Å². The van der Waals surface area contributed by atoms with E-state index < -0.39 is 0 Å². The van der Waals surface area contributed by atoms with Crippen molar-refractivity contribution in [3.63, 3.8) is 0 Å². The van der Waals surface area contributed by atoms with Crippen molar-refractivity contribution in [1.29, 1.82) is 0 Å². The summed E-state index contributed by atoms with van der Waals surface area (Å²) < 4.78 is 0. The molecule has 1 aliphatic rings. The van der Waals surface area contributed by atoms with Gasteiger partial charge in [0, 0.05) is 11.9 Å². The molecule has 18 heavy (non-hydrogen) atoms. The molecule has 2 aromatic rings. The Morgan fingerprint density at radius 1 is 1.28 bits per heavy atom. The molecule has 2 heterocycles. The van der Waals surface area contributed by atoms with Crippen LogP contribution in [-0.4, -0.2) is 23.5 Å². The van der Waals surface area contributed by atoms with Crippen LogP contribution in [0.15, 0.2) is 36.4 Å². The first-order valence-corrected chi connectivity index (χ1v) is 6.17. The van der Waals surface area contributed by atoms with E-state index in [-0.39, 0.29) is 11.9 Å². The number of rotatable bonds is 2. The second-order valence-electron chi connectivity index (χ2n) is 4.62. The minimum Gasteiger partial charge on any atom is -0.368 e. The van der Waals surface area contributed by atoms with Gasteiger partial charge in [0.05, 0.1) is 5.52 Å². The first kappa shape index (κ1) is 11.0. The smallest absolute Gasteiger partial charge is 0.240 e. The maximum Gasteiger partial charge on any atom is 0.240 e. The Hall–Kier alpha value is -2.10. The molecule has 4 heteroatoms. The number of pyridine rings is 1. The zero-order chi connectivity index (χ0) is 12.5. The molecule has 2 N–H and O–H groups in total. The number of hydrogen-bond acceptors (Lipinski definition) is 3. The third-order valence-electron chi connectivity index (χ3n) is 3.46. The predicted octanol–water partition coefficient (Wildman–Crippen LogP) is 1.69. The summed E-state index contributed by atoms with van der Waals surface area (Å²) in [5, 5.41) is 1.11. The molecule has 3 rings (SSSR count). The van der Waals surface area contributed by atoms with Gasteiger partial charge in [0.2, 0.25) is 5.91 Å². The maximum atomic E-state index is 11.4. The van der Waals surface area contributed by atoms with Crippen LogP contribution >= 0.6 is 0 Å². The molecule has 1 atom stereocenters. The molecule has 0 saturated carbocycles. The second kappa shape index (κ2) is 4.29. The molecule has 0 aliphatic carbocycles. The Labute approximate surface area is 105 Å². The monoisotopic (exact) mass is 241 g/mol. The topological polar surface area (TPSA) is 59.2 Å². The third-order valence-corrected chi connectivity index (χ3v) is 3.46. The number of nitrogens with zero attached hydrogens (tertiary/aromatic N) is 2. The van der Waals surface area contributed by atoms with Crippen molar-refractivity contribution < 1.29 is 4.79 Å². The van der Waals surface area contributed by atoms with Crippen LogP contribution < -0.4 is 10.6 Å². The van der Waals surface area contributed by atoms with Gasteiger partial charge < -0.3 is 10.6 Å². The molecule has 0 bridgehead atoms. The number of hydrogen-bond donors (Lipinski definition) is 1. The zero-order valence-corrected chi connectivity index (χ0v) is 10.0. The fourth-order valence-electron chi connectivity index (χ4n) is 2.55. The van der Waals surface area contributed by atoms with Gasteiger partial charge in [-0.2, -0.15) is 0 Å². The maximum absolute atomic E-state index is 11.4. The van der Waals surface area contributed by atoms with E-state index in [9.17, 15) is 4.79 Å². The molecule has 1 aliphatic heterocycles. The number of nitrogens with two attached hydrogens (primary N) is 1. The van der Waals surface area contributed by atoms with Gasteiger partial charge in [-0.25, -0.2) is 4.98 Å². The number of benzene rings is 1. The molecule has 0 radical (unpaired) electrons. The Kier molecular flexibility index (Phi) is 2.63. The summed E-state index contributed by atoms with van der Waals surface area (Å²) >= 11 is 0. The van der Waals surface area contributed by atoms with Crippen LogP contribution in [0.3, 0.4) is 0 Å². The highest BCUT2D eigenvalue weighted by Crippen LogP contribution is 2.25. The van der Waals surface area contributed by atoms with Gasteiger partial charge in [0.25, 0.3) is 0 Å². The Balaban J connectivity index is 2.01. The number of amides is 1. The van der Waals surface area contributed by atoms with Crippen LogP contribution in [0.25, 0.3) is 10.9 Å². The molecule has 1 saturated heterocycles. The van der Waals surface area contributed by atoms with Crippen molar-refractivity contribution in [2.45, 2.75) is 18.9 Å². The summed E-state index contributed by atoms with van der Waals surface area (Å²) in [6, 6.07) is 11.8. The first-order chi connectivity index (χ1) is 8.75. The van der Waals surface area contributed by atoms with Gasteiger partial charge in [-0.3, -0.25) is 4.79 Å². The largest absolute Gasteiger partial charge is 0.368 e. The lowest BCUT2D eigenvalue weighted by atomic mass is 10.2. The minimum atomic E-state index is -0.262. The van der Waals surface area contributed by atoms with Crippen LogP contribution in [0.1, 0.15) is 12.8 Å². The molecule has 0 spiro atoms. The molecule has 92 valence electrons. The van der Waals surface area contributed by atoms with Gasteiger partial charge in [-0.1, -0.05) is 18.2 Å². The van der Waals surface area contributed by atoms with E-state index in [4.69, 9.17) is 5.73 Å². The SMILES string of the molecule is NC(=O)C1CCCN1c1ccc2ccccc2n1. The van der Waals surface area contributed by atoms with Crippen LogP contribution in [0.4, 0.5) is 5.82 Å². The lowest BCUT2D eigenvalue weighted by molar-refractivity contribution is -0.119. The van der Waals surface area contributed by atoms with Crippen molar-refractivity contribution in [1.82, 2.24) is 4.98 Å². The Morgan fingerprint density at radius 2 is 2.11 bits per heavy atom. The van der Waals surface area contributed by atoms with Crippen LogP contribution in [0.2, 0.25) is 0 Å². The standard InChI is InChI=1S/C14H15N3O/c15-14(18)12-6-3-9-17(12)13-8-7-10-4-1-2-5-11(10)16-13/h1-2,4-5,7-8,12H,3,6,9H2,(H2,15,18). The molecular weight excluding hydrogens is 226 g/mol. The van der Waals surface area contributed by atoms with Crippen LogP contribution in [0.5, 0.6) is 0 Å². The van der Waals surface area contributed by atoms with E-state index >= 15 is 0 Å². The summed E-state index contributed by atoms with van der Waals surface area (Å²) in [5.74, 6) is 0.581. The number of para-hydroxylation sites is 1. The van der Waals surface area contributed by atoms with Crippen molar-refractivity contribution in [2.24, 2.45) is 5.73 Å². The highest BCUT2D eigenvalue weighted by atomic mass is 16.1. The average Bonchev–Trinajstić information content (AvgIpc) is 2.87. The molecule has 1 amide bonds. The predicted molar refractivity (Wildman–Crippen MR) is 71.3 cm³/mol. The van der Waals surface area contributed by atoms with Crippen LogP contribution in [0, 0.1) is 0 Å². The molecule has 1 aromatic heterocycles. The molecule has 1 fully saturated rings. The summed E-state index contributed by atoms with van der Waals surface area (Å²) in [6.45, 7) is 0.846. The number of carbonyl (C=O) groups is 1. The average molecular weight is 241 g/mol. The summed E-state index contributed by atoms with van der Waals surface area (Å²) in [7, 11) is 0. The van der Waals surface area contributed by atoms with Gasteiger partial charge in [0.1, 0.15) is 11.9 Å². The fraction of sp³-hybridized carbons (Fsp3) is 0.286. The zero-order valence-electron chi connectivity index (χ0n) is 10.0. The number of anilines is 1. The fourth-order valence-corrected chi connectivity index (χ4v) is 2.55. The number of aromatic nitrogens is 1. The summed E-state index contributed by atoms with van der Waals surface area (Å²) in [6.07, 6.45) is 1.81. The second-order valence-corrected chi connectivity index (χ2v) is 4.62. The van der Waals surface area contributed by atoms with E-state index in [0.29, 0.717) is 0 Å². The van der Waals surface area contributed by atoms with E-state index in [2.05, 4.69) is 4.98 Å². The third kappa shape index (κ3) is 1.79. The Bertz CT molecular complexity index is 596. The highest BCUT2D eigenvalue weighted by molar-refractivity contribution is 5.85. The minimum absolute atomic E-state index is 0.210. The van der Waals surface area contributed by atoms with Crippen molar-refractivity contribution in [2.75, 3.05) is 11.4 Å². The molecular formula is C14H15N3O. The molecule has 1 unspecified atom stereocenters. The van der Waals surface area contributed by atoms with E-state index in [1.807, 2.05) is 41.3 Å². The van der Waals surface area contributed by atoms with Gasteiger partial charge >= 0.3 is 0 Å². The van der Waals surface area contributed by atoms with Crippen molar-refractivity contribution >= 4 is 22.6 Å². The quantitative estimate of drug-likeness (QED) is 0.870. The number of carbonyl (C=O) groups excluding carboxylic acids is 1. The van der Waals surface area contributed by atoms with Gasteiger partial charge in [-0.05, 0) is 31.0 Å². The first-order valence-electron chi connectivity index (χ1n) is 6.17. The van der Waals surface area contributed by atoms with Gasteiger partial charge in [0.15, 0.2) is 0 Å². The number of primary amides is 1. The van der Waals surface area contributed by atoms with Gasteiger partial charge in [-0.15, -0.1) is 0 Å².